The molecule has 0 spiro atoms. The highest BCUT2D eigenvalue weighted by molar-refractivity contribution is 5.96. The number of rotatable bonds is 2. The maximum absolute atomic E-state index is 11.9. The smallest absolute Gasteiger partial charge is 0.251 e. The minimum absolute atomic E-state index is 0.0899. The van der Waals surface area contributed by atoms with Gasteiger partial charge in [-0.3, -0.25) is 14.4 Å². The monoisotopic (exact) mass is 269 g/mol. The van der Waals surface area contributed by atoms with Crippen molar-refractivity contribution in [2.24, 2.45) is 4.99 Å². The van der Waals surface area contributed by atoms with E-state index >= 15 is 0 Å². The van der Waals surface area contributed by atoms with Crippen molar-refractivity contribution >= 4 is 17.9 Å². The van der Waals surface area contributed by atoms with Gasteiger partial charge in [0.2, 0.25) is 0 Å². The summed E-state index contributed by atoms with van der Waals surface area (Å²) >= 11 is 0. The van der Waals surface area contributed by atoms with E-state index in [4.69, 9.17) is 0 Å². The predicted molar refractivity (Wildman–Crippen MR) is 77.8 cm³/mol. The molecule has 0 saturated heterocycles. The maximum Gasteiger partial charge on any atom is 0.251 e. The molecule has 2 aromatic rings. The average Bonchev–Trinajstić information content (AvgIpc) is 2.90. The molecule has 6 heteroatoms. The second-order valence-electron chi connectivity index (χ2n) is 4.52. The lowest BCUT2D eigenvalue weighted by atomic mass is 10.1. The Morgan fingerprint density at radius 1 is 1.45 bits per heavy atom. The fourth-order valence-corrected chi connectivity index (χ4v) is 2.33. The van der Waals surface area contributed by atoms with E-state index in [2.05, 4.69) is 20.6 Å². The van der Waals surface area contributed by atoms with Gasteiger partial charge in [-0.2, -0.15) is 0 Å². The van der Waals surface area contributed by atoms with Gasteiger partial charge >= 0.3 is 0 Å². The van der Waals surface area contributed by atoms with Crippen LogP contribution in [0.1, 0.15) is 21.6 Å². The van der Waals surface area contributed by atoms with Crippen LogP contribution in [0.15, 0.2) is 29.5 Å². The Bertz CT molecular complexity index is 702. The normalized spacial score (nSPS) is 12.7. The molecule has 2 heterocycles. The molecule has 0 saturated carbocycles. The molecule has 1 aromatic heterocycles. The Balaban J connectivity index is 2.14. The standard InChI is InChI=1S/C14H15N5O/c1-9-10(14(20)15-2)4-3-5-12(9)19-8-18-11-6-16-7-17-13(11)19/h3-6,8,17H,7H2,1-2H3,(H,15,20). The van der Waals surface area contributed by atoms with Crippen molar-refractivity contribution < 1.29 is 4.79 Å². The molecule has 2 N–H and O–H groups in total. The van der Waals surface area contributed by atoms with Crippen LogP contribution in [0.25, 0.3) is 5.69 Å². The summed E-state index contributed by atoms with van der Waals surface area (Å²) in [6.45, 7) is 2.47. The van der Waals surface area contributed by atoms with Crippen LogP contribution in [0.3, 0.4) is 0 Å². The van der Waals surface area contributed by atoms with Crippen molar-refractivity contribution in [3.8, 4) is 5.69 Å². The van der Waals surface area contributed by atoms with E-state index in [1.54, 1.807) is 19.6 Å². The van der Waals surface area contributed by atoms with Crippen molar-refractivity contribution in [2.75, 3.05) is 19.0 Å². The molecule has 0 unspecified atom stereocenters. The van der Waals surface area contributed by atoms with Gasteiger partial charge < -0.3 is 10.6 Å². The first kappa shape index (κ1) is 12.4. The number of carbonyl (C=O) groups excluding carboxylic acids is 1. The van der Waals surface area contributed by atoms with E-state index in [-0.39, 0.29) is 5.91 Å². The van der Waals surface area contributed by atoms with Gasteiger partial charge in [0.15, 0.2) is 0 Å². The molecule has 0 radical (unpaired) electrons. The lowest BCUT2D eigenvalue weighted by molar-refractivity contribution is 0.0962. The lowest BCUT2D eigenvalue weighted by Gasteiger charge is -2.15. The molecule has 1 aliphatic heterocycles. The van der Waals surface area contributed by atoms with Gasteiger partial charge in [0.1, 0.15) is 24.5 Å². The number of aliphatic imine (C=N–C) groups is 1. The largest absolute Gasteiger partial charge is 0.355 e. The summed E-state index contributed by atoms with van der Waals surface area (Å²) < 4.78 is 1.95. The van der Waals surface area contributed by atoms with Crippen LogP contribution >= 0.6 is 0 Å². The van der Waals surface area contributed by atoms with Crippen LogP contribution in [0.5, 0.6) is 0 Å². The molecule has 0 atom stereocenters. The molecule has 1 amide bonds. The third-order valence-corrected chi connectivity index (χ3v) is 3.38. The molecule has 6 nitrogen and oxygen atoms in total. The number of nitrogens with zero attached hydrogens (tertiary/aromatic N) is 3. The van der Waals surface area contributed by atoms with Crippen molar-refractivity contribution in [1.82, 2.24) is 14.9 Å². The van der Waals surface area contributed by atoms with Crippen LogP contribution in [0, 0.1) is 6.92 Å². The fourth-order valence-electron chi connectivity index (χ4n) is 2.33. The van der Waals surface area contributed by atoms with Gasteiger partial charge in [0, 0.05) is 12.6 Å². The van der Waals surface area contributed by atoms with Crippen LogP contribution in [0.2, 0.25) is 0 Å². The van der Waals surface area contributed by atoms with Gasteiger partial charge in [0.25, 0.3) is 5.91 Å². The predicted octanol–water partition coefficient (Wildman–Crippen LogP) is 1.34. The third-order valence-electron chi connectivity index (χ3n) is 3.38. The number of amides is 1. The van der Waals surface area contributed by atoms with Crippen LogP contribution < -0.4 is 10.6 Å². The van der Waals surface area contributed by atoms with Crippen LogP contribution in [0.4, 0.5) is 5.82 Å². The number of nitrogens with one attached hydrogen (secondary N) is 2. The first-order chi connectivity index (χ1) is 9.72. The van der Waals surface area contributed by atoms with Gasteiger partial charge in [-0.05, 0) is 24.6 Å². The zero-order chi connectivity index (χ0) is 14.1. The van der Waals surface area contributed by atoms with E-state index in [1.807, 2.05) is 29.7 Å². The number of anilines is 1. The summed E-state index contributed by atoms with van der Waals surface area (Å²) in [5.74, 6) is 0.810. The molecule has 0 bridgehead atoms. The molecular weight excluding hydrogens is 254 g/mol. The number of hydrogen-bond acceptors (Lipinski definition) is 4. The summed E-state index contributed by atoms with van der Waals surface area (Å²) in [4.78, 5) is 20.3. The van der Waals surface area contributed by atoms with E-state index in [0.29, 0.717) is 12.2 Å². The zero-order valence-electron chi connectivity index (χ0n) is 11.3. The van der Waals surface area contributed by atoms with E-state index in [1.165, 1.54) is 0 Å². The second kappa shape index (κ2) is 4.80. The first-order valence-electron chi connectivity index (χ1n) is 6.35. The minimum atomic E-state index is -0.0899. The van der Waals surface area contributed by atoms with Crippen molar-refractivity contribution in [1.29, 1.82) is 0 Å². The summed E-state index contributed by atoms with van der Waals surface area (Å²) in [6.07, 6.45) is 3.49. The van der Waals surface area contributed by atoms with Crippen LogP contribution in [-0.4, -0.2) is 35.4 Å². The van der Waals surface area contributed by atoms with Gasteiger partial charge in [-0.15, -0.1) is 0 Å². The number of benzene rings is 1. The molecule has 0 fully saturated rings. The number of hydrogen-bond donors (Lipinski definition) is 2. The summed E-state index contributed by atoms with van der Waals surface area (Å²) in [6, 6.07) is 5.66. The average molecular weight is 269 g/mol. The summed E-state index contributed by atoms with van der Waals surface area (Å²) in [5, 5.41) is 5.86. The Morgan fingerprint density at radius 2 is 2.30 bits per heavy atom. The highest BCUT2D eigenvalue weighted by atomic mass is 16.1. The molecule has 102 valence electrons. The number of fused-ring (bicyclic) bond motifs is 1. The van der Waals surface area contributed by atoms with E-state index in [9.17, 15) is 4.79 Å². The quantitative estimate of drug-likeness (QED) is 0.864. The van der Waals surface area contributed by atoms with E-state index < -0.39 is 0 Å². The zero-order valence-corrected chi connectivity index (χ0v) is 11.3. The Hall–Kier alpha value is -2.63. The summed E-state index contributed by atoms with van der Waals surface area (Å²) in [5.41, 5.74) is 3.32. The van der Waals surface area contributed by atoms with Crippen molar-refractivity contribution in [2.45, 2.75) is 6.92 Å². The maximum atomic E-state index is 11.9. The Morgan fingerprint density at radius 3 is 3.10 bits per heavy atom. The molecule has 3 rings (SSSR count). The van der Waals surface area contributed by atoms with Crippen molar-refractivity contribution in [3.63, 3.8) is 0 Å². The third kappa shape index (κ3) is 1.85. The lowest BCUT2D eigenvalue weighted by Crippen LogP contribution is -2.20. The molecular formula is C14H15N5O. The number of imidazole rings is 1. The Labute approximate surface area is 116 Å². The number of carbonyl (C=O) groups is 1. The molecule has 20 heavy (non-hydrogen) atoms. The second-order valence-corrected chi connectivity index (χ2v) is 4.52. The SMILES string of the molecule is CNC(=O)c1cccc(-n2cnc3c2NCN=C3)c1C. The van der Waals surface area contributed by atoms with Gasteiger partial charge in [-0.1, -0.05) is 6.07 Å². The molecule has 0 aliphatic carbocycles. The molecule has 1 aliphatic rings. The fraction of sp³-hybridized carbons (Fsp3) is 0.214. The minimum Gasteiger partial charge on any atom is -0.355 e. The van der Waals surface area contributed by atoms with Crippen molar-refractivity contribution in [3.05, 3.63) is 41.3 Å². The molecule has 1 aromatic carbocycles. The summed E-state index contributed by atoms with van der Waals surface area (Å²) in [7, 11) is 1.63. The highest BCUT2D eigenvalue weighted by Gasteiger charge is 2.17. The highest BCUT2D eigenvalue weighted by Crippen LogP contribution is 2.25. The van der Waals surface area contributed by atoms with E-state index in [0.717, 1.165) is 22.8 Å². The van der Waals surface area contributed by atoms with Crippen LogP contribution in [-0.2, 0) is 0 Å². The van der Waals surface area contributed by atoms with Gasteiger partial charge in [0.05, 0.1) is 11.9 Å². The topological polar surface area (TPSA) is 71.3 Å². The Kier molecular flexibility index (Phi) is 2.98. The first-order valence-corrected chi connectivity index (χ1v) is 6.35. The van der Waals surface area contributed by atoms with Gasteiger partial charge in [-0.25, -0.2) is 4.98 Å². The number of aromatic nitrogens is 2.